The van der Waals surface area contributed by atoms with Gasteiger partial charge in [0.25, 0.3) is 5.56 Å². The fourth-order valence-corrected chi connectivity index (χ4v) is 4.80. The van der Waals surface area contributed by atoms with Crippen LogP contribution in [0.25, 0.3) is 32.3 Å². The summed E-state index contributed by atoms with van der Waals surface area (Å²) in [4.78, 5) is 27.0. The summed E-state index contributed by atoms with van der Waals surface area (Å²) in [6.45, 7) is -0.363. The van der Waals surface area contributed by atoms with E-state index in [1.165, 1.54) is 32.3 Å². The van der Waals surface area contributed by atoms with Crippen molar-refractivity contribution in [3.63, 3.8) is 0 Å². The number of nitrogens with zero attached hydrogens (tertiary/aromatic N) is 1. The van der Waals surface area contributed by atoms with Gasteiger partial charge in [0.05, 0.1) is 12.7 Å². The van der Waals surface area contributed by atoms with Gasteiger partial charge in [0, 0.05) is 18.2 Å². The molecule has 7 nitrogen and oxygen atoms in total. The SMILES string of the molecule is O=c1[nH]c(=O)n([C@H]2C[C@H](O)[C@@H](CO)O2)cc1C#Cc1cc2ccc3cccc4ccc(c1)c2c34. The zero-order valence-corrected chi connectivity index (χ0v) is 18.0. The van der Waals surface area contributed by atoms with Gasteiger partial charge < -0.3 is 14.9 Å². The maximum absolute atomic E-state index is 12.4. The third-order valence-electron chi connectivity index (χ3n) is 6.47. The Morgan fingerprint density at radius 1 is 0.971 bits per heavy atom. The summed E-state index contributed by atoms with van der Waals surface area (Å²) in [5.74, 6) is 5.93. The van der Waals surface area contributed by atoms with E-state index in [1.54, 1.807) is 0 Å². The summed E-state index contributed by atoms with van der Waals surface area (Å²) in [6.07, 6.45) is -1.01. The molecule has 5 aromatic rings. The number of aromatic amines is 1. The fourth-order valence-electron chi connectivity index (χ4n) is 4.80. The second-order valence-electron chi connectivity index (χ2n) is 8.58. The molecular formula is C27H20N2O5. The lowest BCUT2D eigenvalue weighted by Crippen LogP contribution is -2.33. The van der Waals surface area contributed by atoms with E-state index in [9.17, 15) is 19.8 Å². The normalized spacial score (nSPS) is 20.2. The van der Waals surface area contributed by atoms with Gasteiger partial charge in [-0.25, -0.2) is 4.79 Å². The second kappa shape index (κ2) is 7.82. The first-order valence-corrected chi connectivity index (χ1v) is 11.0. The van der Waals surface area contributed by atoms with Gasteiger partial charge in [-0.05, 0) is 44.5 Å². The predicted molar refractivity (Wildman–Crippen MR) is 129 cm³/mol. The molecule has 34 heavy (non-hydrogen) atoms. The van der Waals surface area contributed by atoms with Crippen LogP contribution in [0.15, 0.2) is 70.4 Å². The Kier molecular flexibility index (Phi) is 4.74. The fraction of sp³-hybridized carbons (Fsp3) is 0.185. The largest absolute Gasteiger partial charge is 0.394 e. The van der Waals surface area contributed by atoms with Gasteiger partial charge in [-0.1, -0.05) is 54.3 Å². The van der Waals surface area contributed by atoms with Crippen LogP contribution in [0.5, 0.6) is 0 Å². The Balaban J connectivity index is 1.42. The molecule has 4 aromatic carbocycles. The van der Waals surface area contributed by atoms with Crippen molar-refractivity contribution in [2.45, 2.75) is 24.9 Å². The molecule has 0 saturated carbocycles. The minimum atomic E-state index is -0.900. The molecule has 0 bridgehead atoms. The first-order chi connectivity index (χ1) is 16.5. The lowest BCUT2D eigenvalue weighted by molar-refractivity contribution is -0.0459. The van der Waals surface area contributed by atoms with E-state index < -0.39 is 29.7 Å². The number of rotatable bonds is 2. The molecule has 7 heteroatoms. The molecule has 2 heterocycles. The monoisotopic (exact) mass is 452 g/mol. The third-order valence-corrected chi connectivity index (χ3v) is 6.47. The van der Waals surface area contributed by atoms with Crippen LogP contribution in [0.2, 0.25) is 0 Å². The van der Waals surface area contributed by atoms with Crippen LogP contribution in [0.1, 0.15) is 23.8 Å². The number of aromatic nitrogens is 2. The van der Waals surface area contributed by atoms with Gasteiger partial charge in [0.15, 0.2) is 0 Å². The quantitative estimate of drug-likeness (QED) is 0.282. The Bertz CT molecular complexity index is 1680. The zero-order chi connectivity index (χ0) is 23.4. The molecule has 6 rings (SSSR count). The van der Waals surface area contributed by atoms with Crippen LogP contribution < -0.4 is 11.2 Å². The average Bonchev–Trinajstić information content (AvgIpc) is 3.22. The third kappa shape index (κ3) is 3.28. The van der Waals surface area contributed by atoms with Crippen molar-refractivity contribution in [1.29, 1.82) is 0 Å². The minimum Gasteiger partial charge on any atom is -0.394 e. The average molecular weight is 452 g/mol. The van der Waals surface area contributed by atoms with Crippen LogP contribution in [-0.4, -0.2) is 38.6 Å². The van der Waals surface area contributed by atoms with E-state index in [0.717, 1.165) is 16.3 Å². The molecule has 0 radical (unpaired) electrons. The first kappa shape index (κ1) is 20.6. The Morgan fingerprint density at radius 2 is 1.62 bits per heavy atom. The van der Waals surface area contributed by atoms with E-state index in [2.05, 4.69) is 59.3 Å². The molecule has 0 spiro atoms. The highest BCUT2D eigenvalue weighted by Gasteiger charge is 2.35. The number of ether oxygens (including phenoxy) is 1. The summed E-state index contributed by atoms with van der Waals surface area (Å²) in [6, 6.07) is 18.6. The number of hydrogen-bond acceptors (Lipinski definition) is 5. The molecule has 0 amide bonds. The molecule has 0 unspecified atom stereocenters. The van der Waals surface area contributed by atoms with Crippen LogP contribution >= 0.6 is 0 Å². The lowest BCUT2D eigenvalue weighted by Gasteiger charge is -2.14. The highest BCUT2D eigenvalue weighted by atomic mass is 16.5. The van der Waals surface area contributed by atoms with Crippen molar-refractivity contribution >= 4 is 32.3 Å². The molecule has 1 fully saturated rings. The van der Waals surface area contributed by atoms with Crippen LogP contribution in [-0.2, 0) is 4.74 Å². The summed E-state index contributed by atoms with van der Waals surface area (Å²) in [5, 5.41) is 26.2. The maximum Gasteiger partial charge on any atom is 0.330 e. The Morgan fingerprint density at radius 3 is 2.26 bits per heavy atom. The zero-order valence-electron chi connectivity index (χ0n) is 18.0. The summed E-state index contributed by atoms with van der Waals surface area (Å²) >= 11 is 0. The number of aliphatic hydroxyl groups excluding tert-OH is 2. The van der Waals surface area contributed by atoms with Gasteiger partial charge in [-0.3, -0.25) is 14.3 Å². The van der Waals surface area contributed by atoms with Crippen molar-refractivity contribution in [2.75, 3.05) is 6.61 Å². The van der Waals surface area contributed by atoms with E-state index in [0.29, 0.717) is 0 Å². The Labute approximate surface area is 193 Å². The van der Waals surface area contributed by atoms with Crippen molar-refractivity contribution in [2.24, 2.45) is 0 Å². The van der Waals surface area contributed by atoms with Gasteiger partial charge in [0.1, 0.15) is 17.9 Å². The Hall–Kier alpha value is -3.96. The van der Waals surface area contributed by atoms with Crippen molar-refractivity contribution in [3.05, 3.63) is 92.8 Å². The van der Waals surface area contributed by atoms with Crippen LogP contribution in [0, 0.1) is 11.8 Å². The standard InChI is InChI=1S/C27H20N2O5/c30-14-22-21(31)12-23(34-22)29-13-20(26(32)28-27(29)33)5-4-15-10-18-8-6-16-2-1-3-17-7-9-19(11-15)25(18)24(16)17/h1-3,6-11,13,21-23,30-31H,12,14H2,(H,28,32,33)/t21-,22+,23+/m0/s1. The predicted octanol–water partition coefficient (Wildman–Crippen LogP) is 2.47. The number of H-pyrrole nitrogens is 1. The molecule has 3 N–H and O–H groups in total. The summed E-state index contributed by atoms with van der Waals surface area (Å²) < 4.78 is 6.75. The molecule has 3 atom stereocenters. The molecular weight excluding hydrogens is 432 g/mol. The molecule has 1 aliphatic rings. The summed E-state index contributed by atoms with van der Waals surface area (Å²) in [7, 11) is 0. The van der Waals surface area contributed by atoms with Crippen molar-refractivity contribution < 1.29 is 14.9 Å². The van der Waals surface area contributed by atoms with Crippen molar-refractivity contribution in [3.8, 4) is 11.8 Å². The molecule has 168 valence electrons. The van der Waals surface area contributed by atoms with E-state index in [1.807, 2.05) is 12.1 Å². The van der Waals surface area contributed by atoms with E-state index in [-0.39, 0.29) is 18.6 Å². The van der Waals surface area contributed by atoms with E-state index in [4.69, 9.17) is 4.74 Å². The number of aliphatic hydroxyl groups is 2. The minimum absolute atomic E-state index is 0.107. The van der Waals surface area contributed by atoms with Gasteiger partial charge in [-0.2, -0.15) is 0 Å². The smallest absolute Gasteiger partial charge is 0.330 e. The maximum atomic E-state index is 12.4. The molecule has 1 aliphatic heterocycles. The number of hydrogen-bond donors (Lipinski definition) is 3. The highest BCUT2D eigenvalue weighted by molar-refractivity contribution is 6.23. The van der Waals surface area contributed by atoms with Crippen molar-refractivity contribution in [1.82, 2.24) is 9.55 Å². The number of nitrogens with one attached hydrogen (secondary N) is 1. The van der Waals surface area contributed by atoms with Crippen LogP contribution in [0.3, 0.4) is 0 Å². The topological polar surface area (TPSA) is 105 Å². The molecule has 1 aromatic heterocycles. The van der Waals surface area contributed by atoms with Gasteiger partial charge in [-0.15, -0.1) is 0 Å². The van der Waals surface area contributed by atoms with Gasteiger partial charge in [0.2, 0.25) is 0 Å². The number of benzene rings is 4. The summed E-state index contributed by atoms with van der Waals surface area (Å²) in [5.41, 5.74) is -0.399. The lowest BCUT2D eigenvalue weighted by atomic mass is 9.93. The van der Waals surface area contributed by atoms with Gasteiger partial charge >= 0.3 is 5.69 Å². The van der Waals surface area contributed by atoms with Crippen LogP contribution in [0.4, 0.5) is 0 Å². The molecule has 0 aliphatic carbocycles. The highest BCUT2D eigenvalue weighted by Crippen LogP contribution is 2.35. The first-order valence-electron chi connectivity index (χ1n) is 11.0. The van der Waals surface area contributed by atoms with E-state index >= 15 is 0 Å². The second-order valence-corrected chi connectivity index (χ2v) is 8.58. The molecule has 1 saturated heterocycles.